The SMILES string of the molecule is Cc1cc(C(F)(C(F)(F)F)C(F)(F)F)ccc1NC(=O)c1cc(NC(C)CC(C)C)ccc1[N+](=O)[O-]. The number of hydrogen-bond acceptors (Lipinski definition) is 4. The van der Waals surface area contributed by atoms with Crippen molar-refractivity contribution >= 4 is 23.0 Å². The molecule has 36 heavy (non-hydrogen) atoms. The Morgan fingerprint density at radius 2 is 1.56 bits per heavy atom. The molecule has 2 aromatic carbocycles. The minimum Gasteiger partial charge on any atom is -0.383 e. The summed E-state index contributed by atoms with van der Waals surface area (Å²) in [6.07, 6.45) is -11.8. The van der Waals surface area contributed by atoms with Gasteiger partial charge in [-0.25, -0.2) is 4.39 Å². The first-order chi connectivity index (χ1) is 16.4. The first-order valence-electron chi connectivity index (χ1n) is 10.7. The number of anilines is 2. The number of rotatable bonds is 8. The van der Waals surface area contributed by atoms with E-state index < -0.39 is 45.7 Å². The van der Waals surface area contributed by atoms with E-state index in [1.807, 2.05) is 20.8 Å². The van der Waals surface area contributed by atoms with Gasteiger partial charge in [-0.05, 0) is 49.9 Å². The molecule has 0 heterocycles. The van der Waals surface area contributed by atoms with Crippen molar-refractivity contribution in [2.45, 2.75) is 58.2 Å². The first-order valence-corrected chi connectivity index (χ1v) is 10.7. The molecule has 13 heteroatoms. The second-order valence-electron chi connectivity index (χ2n) is 8.80. The van der Waals surface area contributed by atoms with Crippen molar-refractivity contribution in [2.75, 3.05) is 10.6 Å². The summed E-state index contributed by atoms with van der Waals surface area (Å²) in [4.78, 5) is 23.4. The summed E-state index contributed by atoms with van der Waals surface area (Å²) in [5.74, 6) is -0.687. The number of amides is 1. The smallest absolute Gasteiger partial charge is 0.383 e. The Balaban J connectivity index is 2.41. The average molecular weight is 523 g/mol. The van der Waals surface area contributed by atoms with E-state index in [9.17, 15) is 45.6 Å². The molecule has 0 aliphatic carbocycles. The van der Waals surface area contributed by atoms with Crippen LogP contribution < -0.4 is 10.6 Å². The van der Waals surface area contributed by atoms with Gasteiger partial charge in [-0.2, -0.15) is 26.3 Å². The largest absolute Gasteiger partial charge is 0.435 e. The molecule has 198 valence electrons. The Morgan fingerprint density at radius 1 is 0.972 bits per heavy atom. The molecule has 0 spiro atoms. The summed E-state index contributed by atoms with van der Waals surface area (Å²) >= 11 is 0. The number of nitrogens with one attached hydrogen (secondary N) is 2. The van der Waals surface area contributed by atoms with Crippen molar-refractivity contribution in [3.63, 3.8) is 0 Å². The maximum absolute atomic E-state index is 14.3. The van der Waals surface area contributed by atoms with Gasteiger partial charge in [-0.15, -0.1) is 0 Å². The molecule has 2 rings (SSSR count). The molecule has 6 nitrogen and oxygen atoms in total. The van der Waals surface area contributed by atoms with Crippen LogP contribution in [0.25, 0.3) is 0 Å². The van der Waals surface area contributed by atoms with E-state index in [1.165, 1.54) is 12.1 Å². The van der Waals surface area contributed by atoms with Gasteiger partial charge >= 0.3 is 18.0 Å². The van der Waals surface area contributed by atoms with Gasteiger partial charge in [0.25, 0.3) is 11.6 Å². The van der Waals surface area contributed by atoms with E-state index in [0.717, 1.165) is 19.4 Å². The lowest BCUT2D eigenvalue weighted by Crippen LogP contribution is -2.50. The zero-order chi connectivity index (χ0) is 27.6. The molecule has 0 aromatic heterocycles. The molecule has 0 aliphatic rings. The number of benzene rings is 2. The lowest BCUT2D eigenvalue weighted by atomic mass is 9.92. The highest BCUT2D eigenvalue weighted by atomic mass is 19.4. The summed E-state index contributed by atoms with van der Waals surface area (Å²) in [6, 6.07) is 4.92. The number of halogens is 7. The average Bonchev–Trinajstić information content (AvgIpc) is 2.71. The fourth-order valence-corrected chi connectivity index (χ4v) is 3.71. The molecule has 1 atom stereocenters. The van der Waals surface area contributed by atoms with Gasteiger partial charge in [0.05, 0.1) is 4.92 Å². The summed E-state index contributed by atoms with van der Waals surface area (Å²) < 4.78 is 92.5. The number of carbonyl (C=O) groups excluding carboxylic acids is 1. The highest BCUT2D eigenvalue weighted by Gasteiger charge is 2.73. The molecular formula is C23H24F7N3O3. The van der Waals surface area contributed by atoms with Crippen LogP contribution in [0, 0.1) is 23.0 Å². The quantitative estimate of drug-likeness (QED) is 0.216. The second kappa shape index (κ2) is 10.3. The van der Waals surface area contributed by atoms with Gasteiger partial charge in [0.2, 0.25) is 0 Å². The minimum absolute atomic E-state index is 0.0413. The fourth-order valence-electron chi connectivity index (χ4n) is 3.71. The van der Waals surface area contributed by atoms with Crippen LogP contribution in [0.3, 0.4) is 0 Å². The van der Waals surface area contributed by atoms with Gasteiger partial charge in [0.1, 0.15) is 5.56 Å². The van der Waals surface area contributed by atoms with E-state index in [2.05, 4.69) is 10.6 Å². The van der Waals surface area contributed by atoms with Gasteiger partial charge in [-0.3, -0.25) is 14.9 Å². The number of aryl methyl sites for hydroxylation is 1. The van der Waals surface area contributed by atoms with Crippen molar-refractivity contribution in [3.8, 4) is 0 Å². The predicted molar refractivity (Wildman–Crippen MR) is 120 cm³/mol. The maximum atomic E-state index is 14.3. The summed E-state index contributed by atoms with van der Waals surface area (Å²) in [6.45, 7) is 6.93. The van der Waals surface area contributed by atoms with Crippen LogP contribution in [0.2, 0.25) is 0 Å². The third kappa shape index (κ3) is 6.05. The van der Waals surface area contributed by atoms with Crippen LogP contribution in [0.15, 0.2) is 36.4 Å². The van der Waals surface area contributed by atoms with Crippen molar-refractivity contribution < 1.29 is 40.5 Å². The number of nitro benzene ring substituents is 1. The monoisotopic (exact) mass is 523 g/mol. The van der Waals surface area contributed by atoms with Crippen molar-refractivity contribution in [1.29, 1.82) is 0 Å². The lowest BCUT2D eigenvalue weighted by Gasteiger charge is -2.30. The molecule has 2 aromatic rings. The zero-order valence-electron chi connectivity index (χ0n) is 19.6. The molecule has 2 N–H and O–H groups in total. The van der Waals surface area contributed by atoms with Gasteiger partial charge in [-0.1, -0.05) is 26.0 Å². The zero-order valence-corrected chi connectivity index (χ0v) is 19.6. The van der Waals surface area contributed by atoms with Crippen molar-refractivity contribution in [3.05, 3.63) is 63.2 Å². The van der Waals surface area contributed by atoms with E-state index in [0.29, 0.717) is 23.7 Å². The third-order valence-electron chi connectivity index (χ3n) is 5.33. The Kier molecular flexibility index (Phi) is 8.26. The molecule has 0 bridgehead atoms. The van der Waals surface area contributed by atoms with Crippen LogP contribution >= 0.6 is 0 Å². The molecule has 0 fully saturated rings. The predicted octanol–water partition coefficient (Wildman–Crippen LogP) is 7.29. The molecular weight excluding hydrogens is 499 g/mol. The third-order valence-corrected chi connectivity index (χ3v) is 5.33. The van der Waals surface area contributed by atoms with Gasteiger partial charge in [0, 0.05) is 29.0 Å². The van der Waals surface area contributed by atoms with Crippen LogP contribution in [0.1, 0.15) is 48.7 Å². The number of nitro groups is 1. The molecule has 0 saturated heterocycles. The molecule has 0 radical (unpaired) electrons. The standard InChI is InChI=1S/C23H24F7N3O3/c1-12(2)9-14(4)31-16-6-8-19(33(35)36)17(11-16)20(34)32-18-7-5-15(10-13(18)3)21(24,22(25,26)27)23(28,29)30/h5-8,10-12,14,31H,9H2,1-4H3,(H,32,34). The van der Waals surface area contributed by atoms with Gasteiger partial charge in [0.15, 0.2) is 0 Å². The number of carbonyl (C=O) groups is 1. The Bertz CT molecular complexity index is 1120. The van der Waals surface area contributed by atoms with Gasteiger partial charge < -0.3 is 10.6 Å². The summed E-state index contributed by atoms with van der Waals surface area (Å²) in [5.41, 5.74) is -8.48. The van der Waals surface area contributed by atoms with Crippen LogP contribution in [-0.4, -0.2) is 29.2 Å². The normalized spacial score (nSPS) is 13.4. The Labute approximate surface area is 202 Å². The highest BCUT2D eigenvalue weighted by Crippen LogP contribution is 2.53. The van der Waals surface area contributed by atoms with Crippen LogP contribution in [-0.2, 0) is 5.67 Å². The van der Waals surface area contributed by atoms with Crippen LogP contribution in [0.4, 0.5) is 47.8 Å². The van der Waals surface area contributed by atoms with Crippen molar-refractivity contribution in [2.24, 2.45) is 5.92 Å². The van der Waals surface area contributed by atoms with Crippen LogP contribution in [0.5, 0.6) is 0 Å². The highest BCUT2D eigenvalue weighted by molar-refractivity contribution is 6.08. The topological polar surface area (TPSA) is 84.3 Å². The Hall–Kier alpha value is -3.38. The molecule has 1 unspecified atom stereocenters. The molecule has 0 saturated carbocycles. The number of hydrogen-bond donors (Lipinski definition) is 2. The molecule has 0 aliphatic heterocycles. The van der Waals surface area contributed by atoms with E-state index >= 15 is 0 Å². The van der Waals surface area contributed by atoms with Crippen molar-refractivity contribution in [1.82, 2.24) is 0 Å². The maximum Gasteiger partial charge on any atom is 0.435 e. The fraction of sp³-hybridized carbons (Fsp3) is 0.435. The lowest BCUT2D eigenvalue weighted by molar-refractivity contribution is -0.385. The Morgan fingerprint density at radius 3 is 2.03 bits per heavy atom. The molecule has 1 amide bonds. The van der Waals surface area contributed by atoms with E-state index in [4.69, 9.17) is 0 Å². The summed E-state index contributed by atoms with van der Waals surface area (Å²) in [7, 11) is 0. The van der Waals surface area contributed by atoms with E-state index in [1.54, 1.807) is 0 Å². The number of alkyl halides is 7. The van der Waals surface area contributed by atoms with E-state index in [-0.39, 0.29) is 23.4 Å². The second-order valence-corrected chi connectivity index (χ2v) is 8.80. The minimum atomic E-state index is -6.29. The summed E-state index contributed by atoms with van der Waals surface area (Å²) in [5, 5.41) is 16.8. The first kappa shape index (κ1) is 28.9. The number of nitrogens with zero attached hydrogens (tertiary/aromatic N) is 1.